The summed E-state index contributed by atoms with van der Waals surface area (Å²) in [5, 5.41) is 0. The van der Waals surface area contributed by atoms with Gasteiger partial charge in [-0.25, -0.2) is 4.98 Å². The zero-order chi connectivity index (χ0) is 22.5. The van der Waals surface area contributed by atoms with E-state index in [9.17, 15) is 22.8 Å². The second kappa shape index (κ2) is 7.40. The van der Waals surface area contributed by atoms with Crippen LogP contribution in [0.2, 0.25) is 0 Å². The van der Waals surface area contributed by atoms with Crippen molar-refractivity contribution in [1.29, 1.82) is 0 Å². The first-order chi connectivity index (χ1) is 14.5. The summed E-state index contributed by atoms with van der Waals surface area (Å²) >= 11 is 0. The lowest BCUT2D eigenvalue weighted by molar-refractivity contribution is -0.137. The summed E-state index contributed by atoms with van der Waals surface area (Å²) in [5.74, 6) is -0.390. The molecule has 162 valence electrons. The molecule has 3 aromatic rings. The molecule has 0 fully saturated rings. The number of rotatable bonds is 3. The van der Waals surface area contributed by atoms with E-state index in [0.29, 0.717) is 16.8 Å². The molecular formula is C22H21F3N4O2. The Morgan fingerprint density at radius 3 is 2.52 bits per heavy atom. The monoisotopic (exact) mass is 430 g/mol. The van der Waals surface area contributed by atoms with Gasteiger partial charge in [0.1, 0.15) is 11.4 Å². The molecule has 1 amide bonds. The zero-order valence-corrected chi connectivity index (χ0v) is 17.3. The van der Waals surface area contributed by atoms with Crippen molar-refractivity contribution in [2.45, 2.75) is 46.1 Å². The van der Waals surface area contributed by atoms with Gasteiger partial charge in [0.15, 0.2) is 0 Å². The molecule has 0 radical (unpaired) electrons. The Morgan fingerprint density at radius 2 is 1.87 bits per heavy atom. The molecule has 1 aromatic carbocycles. The number of aryl methyl sites for hydroxylation is 2. The Balaban J connectivity index is 1.68. The lowest BCUT2D eigenvalue weighted by Crippen LogP contribution is -2.49. The third kappa shape index (κ3) is 3.87. The highest BCUT2D eigenvalue weighted by Gasteiger charge is 2.33. The molecule has 31 heavy (non-hydrogen) atoms. The minimum absolute atomic E-state index is 0.0292. The number of hydrogen-bond acceptors (Lipinski definition) is 3. The third-order valence-corrected chi connectivity index (χ3v) is 5.42. The predicted molar refractivity (Wildman–Crippen MR) is 108 cm³/mol. The number of carbonyl (C=O) groups excluding carboxylic acids is 1. The third-order valence-electron chi connectivity index (χ3n) is 5.42. The summed E-state index contributed by atoms with van der Waals surface area (Å²) in [5.41, 5.74) is 1.17. The highest BCUT2D eigenvalue weighted by molar-refractivity contribution is 5.93. The minimum atomic E-state index is -4.46. The number of fused-ring (bicyclic) bond motifs is 1. The average molecular weight is 430 g/mol. The maximum absolute atomic E-state index is 13.2. The van der Waals surface area contributed by atoms with Crippen molar-refractivity contribution in [2.75, 3.05) is 0 Å². The number of alkyl halides is 3. The molecule has 2 aromatic heterocycles. The second-order valence-electron chi connectivity index (χ2n) is 7.93. The van der Waals surface area contributed by atoms with E-state index in [4.69, 9.17) is 0 Å². The molecule has 6 nitrogen and oxygen atoms in total. The number of carbonyl (C=O) groups is 1. The lowest BCUT2D eigenvalue weighted by atomic mass is 10.0. The molecule has 1 atom stereocenters. The summed E-state index contributed by atoms with van der Waals surface area (Å²) in [7, 11) is 0. The number of imidazole rings is 1. The van der Waals surface area contributed by atoms with E-state index in [0.717, 1.165) is 17.8 Å². The average Bonchev–Trinajstić information content (AvgIpc) is 3.11. The Kier molecular flexibility index (Phi) is 4.99. The molecule has 9 heteroatoms. The molecule has 1 unspecified atom stereocenters. The van der Waals surface area contributed by atoms with Crippen LogP contribution in [0.5, 0.6) is 0 Å². The first kappa shape index (κ1) is 20.9. The predicted octanol–water partition coefficient (Wildman–Crippen LogP) is 3.71. The highest BCUT2D eigenvalue weighted by atomic mass is 19.4. The number of nitrogens with zero attached hydrogens (tertiary/aromatic N) is 4. The molecule has 0 aliphatic carbocycles. The number of halogens is 3. The van der Waals surface area contributed by atoms with Gasteiger partial charge in [-0.05, 0) is 50.6 Å². The van der Waals surface area contributed by atoms with E-state index < -0.39 is 11.7 Å². The van der Waals surface area contributed by atoms with Gasteiger partial charge >= 0.3 is 6.18 Å². The molecule has 1 aliphatic rings. The fourth-order valence-corrected chi connectivity index (χ4v) is 3.94. The number of benzene rings is 1. The maximum Gasteiger partial charge on any atom is 0.416 e. The molecular weight excluding hydrogens is 409 g/mol. The van der Waals surface area contributed by atoms with E-state index in [1.54, 1.807) is 42.8 Å². The van der Waals surface area contributed by atoms with Gasteiger partial charge in [0.05, 0.1) is 17.6 Å². The van der Waals surface area contributed by atoms with Gasteiger partial charge in [-0.3, -0.25) is 9.59 Å². The van der Waals surface area contributed by atoms with E-state index in [-0.39, 0.29) is 36.3 Å². The van der Waals surface area contributed by atoms with Crippen LogP contribution >= 0.6 is 0 Å². The van der Waals surface area contributed by atoms with E-state index in [1.165, 1.54) is 15.8 Å². The fraction of sp³-hybridized carbons (Fsp3) is 0.318. The molecule has 4 rings (SSSR count). The van der Waals surface area contributed by atoms with Crippen molar-refractivity contribution < 1.29 is 18.0 Å². The van der Waals surface area contributed by atoms with Crippen molar-refractivity contribution in [3.63, 3.8) is 0 Å². The summed E-state index contributed by atoms with van der Waals surface area (Å²) in [6.45, 7) is 5.46. The van der Waals surface area contributed by atoms with Crippen LogP contribution in [-0.2, 0) is 19.3 Å². The number of aromatic nitrogens is 3. The number of amides is 1. The Morgan fingerprint density at radius 1 is 1.13 bits per heavy atom. The molecule has 0 spiro atoms. The van der Waals surface area contributed by atoms with Crippen molar-refractivity contribution in [3.05, 3.63) is 81.3 Å². The first-order valence-corrected chi connectivity index (χ1v) is 9.78. The van der Waals surface area contributed by atoms with Crippen LogP contribution in [0.25, 0.3) is 5.69 Å². The summed E-state index contributed by atoms with van der Waals surface area (Å²) in [6.07, 6.45) is -1.20. The molecule has 0 bridgehead atoms. The largest absolute Gasteiger partial charge is 0.416 e. The quantitative estimate of drug-likeness (QED) is 0.637. The maximum atomic E-state index is 13.2. The molecule has 0 saturated carbocycles. The van der Waals surface area contributed by atoms with E-state index in [1.807, 2.05) is 6.92 Å². The number of pyridine rings is 1. The Bertz CT molecular complexity index is 1230. The standard InChI is InChI=1S/C22H21F3N4O2/c1-13-6-16(8-17(7-13)22(23,24)25)11-28-15(3)10-29-19(21(28)31)5-4-18(20(29)30)27-9-14(2)26-12-27/h4-9,12,15H,10-11H2,1-3H3. The first-order valence-electron chi connectivity index (χ1n) is 9.78. The van der Waals surface area contributed by atoms with Crippen molar-refractivity contribution in [1.82, 2.24) is 19.0 Å². The minimum Gasteiger partial charge on any atom is -0.329 e. The molecule has 1 aliphatic heterocycles. The summed E-state index contributed by atoms with van der Waals surface area (Å²) < 4.78 is 42.6. The molecule has 3 heterocycles. The number of hydrogen-bond donors (Lipinski definition) is 0. The van der Waals surface area contributed by atoms with Crippen LogP contribution in [0, 0.1) is 13.8 Å². The van der Waals surface area contributed by atoms with Gasteiger partial charge in [0, 0.05) is 25.3 Å². The summed E-state index contributed by atoms with van der Waals surface area (Å²) in [6, 6.07) is 6.56. The van der Waals surface area contributed by atoms with Gasteiger partial charge in [-0.2, -0.15) is 13.2 Å². The fourth-order valence-electron chi connectivity index (χ4n) is 3.94. The normalized spacial score (nSPS) is 16.5. The van der Waals surface area contributed by atoms with Crippen molar-refractivity contribution >= 4 is 5.91 Å². The lowest BCUT2D eigenvalue weighted by Gasteiger charge is -2.35. The highest BCUT2D eigenvalue weighted by Crippen LogP contribution is 2.31. The summed E-state index contributed by atoms with van der Waals surface area (Å²) in [4.78, 5) is 31.8. The topological polar surface area (TPSA) is 60.1 Å². The second-order valence-corrected chi connectivity index (χ2v) is 7.93. The van der Waals surface area contributed by atoms with Crippen LogP contribution in [0.3, 0.4) is 0 Å². The van der Waals surface area contributed by atoms with Gasteiger partial charge < -0.3 is 14.0 Å². The van der Waals surface area contributed by atoms with Gasteiger partial charge in [0.2, 0.25) is 0 Å². The van der Waals surface area contributed by atoms with Gasteiger partial charge in [-0.1, -0.05) is 11.6 Å². The van der Waals surface area contributed by atoms with Crippen LogP contribution in [-0.4, -0.2) is 31.0 Å². The van der Waals surface area contributed by atoms with Crippen molar-refractivity contribution in [3.8, 4) is 5.69 Å². The van der Waals surface area contributed by atoms with Gasteiger partial charge in [-0.15, -0.1) is 0 Å². The zero-order valence-electron chi connectivity index (χ0n) is 17.3. The van der Waals surface area contributed by atoms with Crippen LogP contribution < -0.4 is 5.56 Å². The van der Waals surface area contributed by atoms with Crippen LogP contribution in [0.1, 0.15) is 39.8 Å². The Hall–Kier alpha value is -3.36. The Labute approximate surface area is 176 Å². The SMILES string of the molecule is Cc1cc(CN2C(=O)c3ccc(-n4cnc(C)c4)c(=O)n3CC2C)cc(C(F)(F)F)c1. The van der Waals surface area contributed by atoms with E-state index in [2.05, 4.69) is 4.98 Å². The van der Waals surface area contributed by atoms with Crippen LogP contribution in [0.4, 0.5) is 13.2 Å². The molecule has 0 N–H and O–H groups in total. The smallest absolute Gasteiger partial charge is 0.329 e. The molecule has 0 saturated heterocycles. The van der Waals surface area contributed by atoms with Crippen molar-refractivity contribution in [2.24, 2.45) is 0 Å². The van der Waals surface area contributed by atoms with Crippen LogP contribution in [0.15, 0.2) is 47.7 Å². The van der Waals surface area contributed by atoms with Gasteiger partial charge in [0.25, 0.3) is 11.5 Å². The van der Waals surface area contributed by atoms with E-state index >= 15 is 0 Å².